The van der Waals surface area contributed by atoms with Crippen molar-refractivity contribution in [3.63, 3.8) is 0 Å². The summed E-state index contributed by atoms with van der Waals surface area (Å²) >= 11 is 0. The first-order chi connectivity index (χ1) is 21.8. The summed E-state index contributed by atoms with van der Waals surface area (Å²) in [5, 5.41) is 4.24. The maximum Gasteiger partial charge on any atom is 1.00 e. The molecule has 0 heterocycles. The molecule has 0 aliphatic carbocycles. The summed E-state index contributed by atoms with van der Waals surface area (Å²) in [6, 6.07) is -1.94. The van der Waals surface area contributed by atoms with Crippen LogP contribution >= 0.6 is 0 Å². The Morgan fingerprint density at radius 3 is 1.33 bits per heavy atom. The van der Waals surface area contributed by atoms with E-state index in [1.54, 1.807) is 21.1 Å². The summed E-state index contributed by atoms with van der Waals surface area (Å²) in [5.74, 6) is -2.90. The molecule has 274 valence electrons. The molecule has 48 heavy (non-hydrogen) atoms. The molecule has 0 aromatic rings. The number of rotatable bonds is 22. The van der Waals surface area contributed by atoms with Crippen LogP contribution in [0.1, 0.15) is 122 Å². The fourth-order valence-electron chi connectivity index (χ4n) is 6.03. The molecule has 0 saturated carbocycles. The normalized spacial score (nSPS) is 15.1. The Morgan fingerprint density at radius 1 is 0.625 bits per heavy atom. The van der Waals surface area contributed by atoms with Crippen LogP contribution in [0.4, 0.5) is 0 Å². The van der Waals surface area contributed by atoms with Gasteiger partial charge in [-0.15, -0.1) is 0 Å². The van der Waals surface area contributed by atoms with Gasteiger partial charge in [0.25, 0.3) is 0 Å². The van der Waals surface area contributed by atoms with E-state index in [1.165, 1.54) is 9.80 Å². The zero-order valence-electron chi connectivity index (χ0n) is 33.8. The standard InChI is InChI=1S/C36H64N3O6.C2H6.K/c1-15-29(31(41)17-26(20-40)22(4)5)38(13)35(44)27(23(6)7)18-32(42)30(16-21(2)3)39(14)36(45)28(24(8)9)19-33(43)34(37-12)25(10)11;1-2;/h20-30,34H,15-19H2,1-14H3;1-2H3;/q-1;;+1. The predicted molar refractivity (Wildman–Crippen MR) is 192 cm³/mol. The number of amides is 2. The first-order valence-electron chi connectivity index (χ1n) is 17.9. The molecule has 10 heteroatoms. The van der Waals surface area contributed by atoms with E-state index in [2.05, 4.69) is 5.32 Å². The first kappa shape index (κ1) is 51.6. The van der Waals surface area contributed by atoms with E-state index in [9.17, 15) is 28.8 Å². The van der Waals surface area contributed by atoms with Crippen molar-refractivity contribution in [2.24, 2.45) is 47.3 Å². The number of aldehydes is 1. The van der Waals surface area contributed by atoms with Gasteiger partial charge in [-0.3, -0.25) is 19.2 Å². The number of carbonyl (C=O) groups is 6. The minimum atomic E-state index is -0.757. The number of Topliss-reactive ketones (excluding diaryl/α,β-unsaturated/α-hetero) is 3. The van der Waals surface area contributed by atoms with Crippen molar-refractivity contribution >= 4 is 35.5 Å². The molecule has 0 N–H and O–H groups in total. The number of likely N-dealkylation sites (N-methyl/N-ethyl adjacent to an activating group) is 3. The first-order valence-corrected chi connectivity index (χ1v) is 17.9. The Labute approximate surface area is 336 Å². The molecule has 2 amide bonds. The van der Waals surface area contributed by atoms with Crippen LogP contribution in [0.5, 0.6) is 0 Å². The van der Waals surface area contributed by atoms with Gasteiger partial charge in [-0.1, -0.05) is 102 Å². The van der Waals surface area contributed by atoms with Crippen LogP contribution in [0.15, 0.2) is 0 Å². The maximum absolute atomic E-state index is 14.0. The minimum Gasteiger partial charge on any atom is -0.656 e. The molecule has 6 unspecified atom stereocenters. The fraction of sp³-hybridized carbons (Fsp3) is 0.842. The zero-order valence-corrected chi connectivity index (χ0v) is 36.9. The summed E-state index contributed by atoms with van der Waals surface area (Å²) in [5.41, 5.74) is 0. The van der Waals surface area contributed by atoms with Crippen molar-refractivity contribution in [3.05, 3.63) is 5.32 Å². The van der Waals surface area contributed by atoms with Crippen molar-refractivity contribution in [2.45, 2.75) is 140 Å². The number of ketones is 3. The smallest absolute Gasteiger partial charge is 0.656 e. The van der Waals surface area contributed by atoms with Crippen LogP contribution in [0, 0.1) is 47.3 Å². The molecule has 0 radical (unpaired) electrons. The maximum atomic E-state index is 14.0. The molecule has 6 atom stereocenters. The molecular weight excluding hydrogens is 634 g/mol. The molecule has 0 bridgehead atoms. The Balaban J connectivity index is -0.00000661. The Bertz CT molecular complexity index is 997. The van der Waals surface area contributed by atoms with Crippen molar-refractivity contribution in [3.8, 4) is 0 Å². The average Bonchev–Trinajstić information content (AvgIpc) is 2.99. The fourth-order valence-corrected chi connectivity index (χ4v) is 6.03. The van der Waals surface area contributed by atoms with E-state index in [0.717, 1.165) is 6.29 Å². The zero-order chi connectivity index (χ0) is 37.3. The second-order valence-electron chi connectivity index (χ2n) is 14.7. The van der Waals surface area contributed by atoms with E-state index in [-0.39, 0.29) is 129 Å². The van der Waals surface area contributed by atoms with E-state index < -0.39 is 35.9 Å². The SMILES string of the molecule is CC.CCC(C(=O)CC(C=O)C(C)C)N(C)C(=O)C(CC(=O)C(CC(C)C)N(C)C(=O)C(CC(=O)C([N-]C)C(C)C)C(C)C)C(C)C.[K+]. The predicted octanol–water partition coefficient (Wildman–Crippen LogP) is 4.05. The molecule has 0 spiro atoms. The number of hydrogen-bond donors (Lipinski definition) is 0. The second-order valence-corrected chi connectivity index (χ2v) is 14.7. The largest absolute Gasteiger partial charge is 1.00 e. The van der Waals surface area contributed by atoms with Gasteiger partial charge in [0.1, 0.15) is 12.1 Å². The van der Waals surface area contributed by atoms with E-state index in [0.29, 0.717) is 12.8 Å². The van der Waals surface area contributed by atoms with Gasteiger partial charge in [-0.25, -0.2) is 0 Å². The molecule has 9 nitrogen and oxygen atoms in total. The van der Waals surface area contributed by atoms with Crippen molar-refractivity contribution in [1.29, 1.82) is 0 Å². The van der Waals surface area contributed by atoms with E-state index >= 15 is 0 Å². The summed E-state index contributed by atoms with van der Waals surface area (Å²) < 4.78 is 0. The monoisotopic (exact) mass is 703 g/mol. The molecule has 0 aromatic heterocycles. The molecular formula is C38H70KN3O6. The van der Waals surface area contributed by atoms with Gasteiger partial charge < -0.3 is 24.7 Å². The van der Waals surface area contributed by atoms with Crippen LogP contribution in [0.3, 0.4) is 0 Å². The quantitative estimate of drug-likeness (QED) is 0.124. The van der Waals surface area contributed by atoms with Gasteiger partial charge in [0.05, 0.1) is 12.1 Å². The third kappa shape index (κ3) is 16.5. The van der Waals surface area contributed by atoms with E-state index in [4.69, 9.17) is 0 Å². The third-order valence-electron chi connectivity index (χ3n) is 9.25. The molecule has 0 fully saturated rings. The molecule has 0 aliphatic rings. The molecule has 0 saturated heterocycles. The average molecular weight is 704 g/mol. The minimum absolute atomic E-state index is 0. The topological polar surface area (TPSA) is 123 Å². The third-order valence-corrected chi connectivity index (χ3v) is 9.25. The van der Waals surface area contributed by atoms with Gasteiger partial charge in [-0.05, 0) is 36.5 Å². The van der Waals surface area contributed by atoms with Crippen LogP contribution in [0.2, 0.25) is 0 Å². The van der Waals surface area contributed by atoms with Crippen molar-refractivity contribution in [1.82, 2.24) is 9.80 Å². The van der Waals surface area contributed by atoms with Crippen LogP contribution < -0.4 is 51.4 Å². The number of carbonyl (C=O) groups excluding carboxylic acids is 6. The Hall–Kier alpha value is -0.784. The Morgan fingerprint density at radius 2 is 1.02 bits per heavy atom. The van der Waals surface area contributed by atoms with Gasteiger partial charge in [-0.2, -0.15) is 7.05 Å². The van der Waals surface area contributed by atoms with Gasteiger partial charge in [0.15, 0.2) is 11.6 Å². The number of hydrogen-bond acceptors (Lipinski definition) is 6. The van der Waals surface area contributed by atoms with Crippen LogP contribution in [-0.4, -0.2) is 84.5 Å². The van der Waals surface area contributed by atoms with Gasteiger partial charge in [0.2, 0.25) is 11.8 Å². The number of nitrogens with zero attached hydrogens (tertiary/aromatic N) is 3. The van der Waals surface area contributed by atoms with Gasteiger partial charge >= 0.3 is 51.4 Å². The van der Waals surface area contributed by atoms with Crippen LogP contribution in [0.25, 0.3) is 5.32 Å². The Kier molecular flexibility index (Phi) is 28.0. The van der Waals surface area contributed by atoms with Crippen molar-refractivity contribution < 1.29 is 80.2 Å². The summed E-state index contributed by atoms with van der Waals surface area (Å²) in [7, 11) is 4.84. The molecule has 0 aromatic carbocycles. The van der Waals surface area contributed by atoms with E-state index in [1.807, 2.05) is 90.0 Å². The second kappa shape index (κ2) is 26.1. The van der Waals surface area contributed by atoms with Crippen molar-refractivity contribution in [2.75, 3.05) is 21.1 Å². The molecule has 0 rings (SSSR count). The summed E-state index contributed by atoms with van der Waals surface area (Å²) in [4.78, 5) is 82.6. The molecule has 0 aliphatic heterocycles. The summed E-state index contributed by atoms with van der Waals surface area (Å²) in [6.07, 6.45) is 1.67. The van der Waals surface area contributed by atoms with Gasteiger partial charge in [0, 0.05) is 51.1 Å². The van der Waals surface area contributed by atoms with Crippen LogP contribution in [-0.2, 0) is 28.8 Å². The summed E-state index contributed by atoms with van der Waals surface area (Å²) in [6.45, 7) is 25.0.